The number of carbonyl (C=O) groups excluding carboxylic acids is 1. The first-order valence-electron chi connectivity index (χ1n) is 12.6. The van der Waals surface area contributed by atoms with E-state index in [1.807, 2.05) is 34.2 Å². The van der Waals surface area contributed by atoms with E-state index in [1.54, 1.807) is 6.07 Å². The molecule has 1 saturated heterocycles. The Morgan fingerprint density at radius 1 is 0.974 bits per heavy atom. The Morgan fingerprint density at radius 2 is 1.74 bits per heavy atom. The van der Waals surface area contributed by atoms with Crippen molar-refractivity contribution in [1.29, 1.82) is 0 Å². The number of fused-ring (bicyclic) bond motifs is 4. The number of thioether (sulfide) groups is 1. The molecule has 0 aliphatic carbocycles. The third-order valence-corrected chi connectivity index (χ3v) is 9.38. The molecule has 2 aromatic carbocycles. The second-order valence-corrected chi connectivity index (χ2v) is 12.2. The van der Waals surface area contributed by atoms with E-state index in [2.05, 4.69) is 57.7 Å². The molecule has 0 radical (unpaired) electrons. The lowest BCUT2D eigenvalue weighted by Gasteiger charge is -2.43. The van der Waals surface area contributed by atoms with Crippen LogP contribution in [0.4, 0.5) is 5.13 Å². The van der Waals surface area contributed by atoms with Crippen molar-refractivity contribution in [3.63, 3.8) is 0 Å². The summed E-state index contributed by atoms with van der Waals surface area (Å²) in [5, 5.41) is 5.46. The van der Waals surface area contributed by atoms with E-state index in [1.165, 1.54) is 28.7 Å². The smallest absolute Gasteiger partial charge is 0.250 e. The molecule has 2 bridgehead atoms. The molecular formula is C29H26N4O2S3. The van der Waals surface area contributed by atoms with Gasteiger partial charge < -0.3 is 14.8 Å². The molecule has 192 valence electrons. The highest BCUT2D eigenvalue weighted by atomic mass is 32.2. The van der Waals surface area contributed by atoms with Gasteiger partial charge in [-0.15, -0.1) is 11.3 Å². The van der Waals surface area contributed by atoms with Gasteiger partial charge in [-0.05, 0) is 29.5 Å². The molecule has 1 amide bonds. The molecule has 38 heavy (non-hydrogen) atoms. The van der Waals surface area contributed by atoms with Gasteiger partial charge in [-0.3, -0.25) is 9.59 Å². The highest BCUT2D eigenvalue weighted by molar-refractivity contribution is 8.23. The van der Waals surface area contributed by atoms with Gasteiger partial charge in [0, 0.05) is 48.3 Å². The van der Waals surface area contributed by atoms with Crippen molar-refractivity contribution in [2.24, 2.45) is 5.92 Å². The molecule has 6 rings (SSSR count). The van der Waals surface area contributed by atoms with Gasteiger partial charge in [0.05, 0.1) is 11.4 Å². The predicted octanol–water partition coefficient (Wildman–Crippen LogP) is 5.71. The molecule has 0 spiro atoms. The van der Waals surface area contributed by atoms with E-state index in [0.717, 1.165) is 52.9 Å². The predicted molar refractivity (Wildman–Crippen MR) is 160 cm³/mol. The maximum absolute atomic E-state index is 12.7. The van der Waals surface area contributed by atoms with Crippen LogP contribution >= 0.6 is 35.3 Å². The number of rotatable bonds is 5. The molecule has 0 saturated carbocycles. The molecular weight excluding hydrogens is 533 g/mol. The van der Waals surface area contributed by atoms with Gasteiger partial charge in [0.1, 0.15) is 4.32 Å². The molecule has 2 aliphatic heterocycles. The molecule has 0 unspecified atom stereocenters. The molecule has 9 heteroatoms. The summed E-state index contributed by atoms with van der Waals surface area (Å²) in [6.45, 7) is 2.34. The van der Waals surface area contributed by atoms with E-state index in [9.17, 15) is 9.59 Å². The minimum Gasteiger partial charge on any atom is -0.356 e. The number of nitrogens with one attached hydrogen (secondary N) is 1. The summed E-state index contributed by atoms with van der Waals surface area (Å²) in [6.07, 6.45) is 1.08. The lowest BCUT2D eigenvalue weighted by molar-refractivity contribution is -0.113. The number of hydrogen-bond donors (Lipinski definition) is 1. The quantitative estimate of drug-likeness (QED) is 0.316. The monoisotopic (exact) mass is 558 g/mol. The standard InChI is InChI=1S/C29H26N4O2S3/c34-26(18-38-29(36)32-14-19-13-23(16-32)25-7-4-8-27(35)33(25)15-19)31-28-30-24(17-37-28)22-11-9-21(10-12-22)20-5-2-1-3-6-20/h1-12,17,19,23H,13-16,18H2,(H,30,31,34)/t19-,23-/m0/s1. The highest BCUT2D eigenvalue weighted by Gasteiger charge is 2.35. The molecule has 4 heterocycles. The highest BCUT2D eigenvalue weighted by Crippen LogP contribution is 2.36. The van der Waals surface area contributed by atoms with Crippen LogP contribution in [-0.4, -0.2) is 43.5 Å². The summed E-state index contributed by atoms with van der Waals surface area (Å²) in [6, 6.07) is 24.1. The zero-order valence-electron chi connectivity index (χ0n) is 20.6. The summed E-state index contributed by atoms with van der Waals surface area (Å²) >= 11 is 8.51. The number of pyridine rings is 1. The first-order chi connectivity index (χ1) is 18.5. The summed E-state index contributed by atoms with van der Waals surface area (Å²) in [5.74, 6) is 0.803. The minimum atomic E-state index is -0.119. The van der Waals surface area contributed by atoms with Crippen LogP contribution in [-0.2, 0) is 11.3 Å². The number of nitrogens with zero attached hydrogens (tertiary/aromatic N) is 3. The topological polar surface area (TPSA) is 67.2 Å². The van der Waals surface area contributed by atoms with Gasteiger partial charge in [0.15, 0.2) is 5.13 Å². The molecule has 4 aromatic rings. The Bertz CT molecular complexity index is 1530. The SMILES string of the molecule is O=C(CSC(=S)N1C[C@@H]2C[C@@H](C1)c1cccc(=O)n1C2)Nc1nc(-c2ccc(-c3ccccc3)cc2)cs1. The fraction of sp³-hybridized carbons (Fsp3) is 0.241. The van der Waals surface area contributed by atoms with Crippen molar-refractivity contribution < 1.29 is 4.79 Å². The maximum atomic E-state index is 12.7. The Morgan fingerprint density at radius 3 is 2.55 bits per heavy atom. The summed E-state index contributed by atoms with van der Waals surface area (Å²) in [5.41, 5.74) is 5.35. The number of likely N-dealkylation sites (tertiary alicyclic amines) is 1. The second-order valence-electron chi connectivity index (χ2n) is 9.69. The normalized spacial score (nSPS) is 18.1. The van der Waals surface area contributed by atoms with Crippen LogP contribution in [0.5, 0.6) is 0 Å². The summed E-state index contributed by atoms with van der Waals surface area (Å²) in [4.78, 5) is 31.7. The number of anilines is 1. The van der Waals surface area contributed by atoms with Gasteiger partial charge in [0.25, 0.3) is 5.56 Å². The van der Waals surface area contributed by atoms with Crippen LogP contribution in [0, 0.1) is 5.92 Å². The number of thiazole rings is 1. The van der Waals surface area contributed by atoms with Crippen molar-refractivity contribution in [2.75, 3.05) is 24.2 Å². The number of piperidine rings is 1. The number of amides is 1. The van der Waals surface area contributed by atoms with E-state index in [0.29, 0.717) is 17.0 Å². The van der Waals surface area contributed by atoms with Crippen molar-refractivity contribution >= 4 is 50.7 Å². The van der Waals surface area contributed by atoms with Crippen molar-refractivity contribution in [3.8, 4) is 22.4 Å². The van der Waals surface area contributed by atoms with Crippen molar-refractivity contribution in [2.45, 2.75) is 18.9 Å². The van der Waals surface area contributed by atoms with Crippen LogP contribution < -0.4 is 10.9 Å². The molecule has 1 fully saturated rings. The van der Waals surface area contributed by atoms with Crippen molar-refractivity contribution in [3.05, 3.63) is 94.2 Å². The zero-order chi connectivity index (χ0) is 26.1. The average Bonchev–Trinajstić information content (AvgIpc) is 3.41. The number of thiocarbonyl (C=S) groups is 1. The number of benzene rings is 2. The van der Waals surface area contributed by atoms with Gasteiger partial charge in [-0.1, -0.05) is 84.6 Å². The number of aromatic nitrogens is 2. The van der Waals surface area contributed by atoms with Crippen LogP contribution in [0.15, 0.2) is 83.0 Å². The van der Waals surface area contributed by atoms with E-state index >= 15 is 0 Å². The van der Waals surface area contributed by atoms with Gasteiger partial charge in [-0.25, -0.2) is 4.98 Å². The Hall–Kier alpha value is -3.27. The van der Waals surface area contributed by atoms with Crippen LogP contribution in [0.1, 0.15) is 18.0 Å². The first kappa shape index (κ1) is 25.0. The third-order valence-electron chi connectivity index (χ3n) is 7.10. The number of carbonyl (C=O) groups is 1. The van der Waals surface area contributed by atoms with Crippen molar-refractivity contribution in [1.82, 2.24) is 14.5 Å². The molecule has 6 nitrogen and oxygen atoms in total. The molecule has 2 atom stereocenters. The van der Waals surface area contributed by atoms with Crippen LogP contribution in [0.2, 0.25) is 0 Å². The maximum Gasteiger partial charge on any atom is 0.250 e. The molecule has 2 aromatic heterocycles. The molecule has 1 N–H and O–H groups in total. The summed E-state index contributed by atoms with van der Waals surface area (Å²) in [7, 11) is 0. The Balaban J connectivity index is 1.02. The average molecular weight is 559 g/mol. The first-order valence-corrected chi connectivity index (χ1v) is 14.8. The lowest BCUT2D eigenvalue weighted by Crippen LogP contribution is -2.48. The second kappa shape index (κ2) is 10.8. The Labute approximate surface area is 234 Å². The zero-order valence-corrected chi connectivity index (χ0v) is 23.0. The minimum absolute atomic E-state index is 0.0776. The van der Waals surface area contributed by atoms with E-state index < -0.39 is 0 Å². The Kier molecular flexibility index (Phi) is 7.14. The fourth-order valence-corrected chi connectivity index (χ4v) is 7.07. The number of hydrogen-bond acceptors (Lipinski definition) is 6. The summed E-state index contributed by atoms with van der Waals surface area (Å²) < 4.78 is 2.65. The van der Waals surface area contributed by atoms with Gasteiger partial charge >= 0.3 is 0 Å². The van der Waals surface area contributed by atoms with Gasteiger partial charge in [-0.2, -0.15) is 0 Å². The molecule has 2 aliphatic rings. The largest absolute Gasteiger partial charge is 0.356 e. The van der Waals surface area contributed by atoms with E-state index in [4.69, 9.17) is 12.2 Å². The van der Waals surface area contributed by atoms with E-state index in [-0.39, 0.29) is 17.2 Å². The van der Waals surface area contributed by atoms with Gasteiger partial charge in [0.2, 0.25) is 5.91 Å². The van der Waals surface area contributed by atoms with Crippen LogP contribution in [0.25, 0.3) is 22.4 Å². The lowest BCUT2D eigenvalue weighted by atomic mass is 9.83. The fourth-order valence-electron chi connectivity index (χ4n) is 5.35. The van der Waals surface area contributed by atoms with Crippen LogP contribution in [0.3, 0.4) is 0 Å². The third kappa shape index (κ3) is 5.32.